The summed E-state index contributed by atoms with van der Waals surface area (Å²) in [4.78, 5) is 12.7. The number of nitrogens with zero attached hydrogens (tertiary/aromatic N) is 1. The van der Waals surface area contributed by atoms with Crippen molar-refractivity contribution in [1.29, 1.82) is 5.26 Å². The summed E-state index contributed by atoms with van der Waals surface area (Å²) in [5, 5.41) is 13.5. The van der Waals surface area contributed by atoms with Crippen molar-refractivity contribution < 1.29 is 14.3 Å². The Bertz CT molecular complexity index is 1270. The van der Waals surface area contributed by atoms with Gasteiger partial charge in [0.05, 0.1) is 10.7 Å². The molecular weight excluding hydrogens is 574 g/mol. The molecule has 5 nitrogen and oxygen atoms in total. The van der Waals surface area contributed by atoms with Gasteiger partial charge in [0, 0.05) is 21.3 Å². The molecule has 3 aromatic carbocycles. The number of methoxy groups -OCH3 is 1. The van der Waals surface area contributed by atoms with Gasteiger partial charge >= 0.3 is 0 Å². The molecule has 1 N–H and O–H groups in total. The number of amides is 1. The van der Waals surface area contributed by atoms with E-state index >= 15 is 0 Å². The van der Waals surface area contributed by atoms with Crippen LogP contribution in [0.15, 0.2) is 60.2 Å². The molecule has 0 unspecified atom stereocenters. The number of nitriles is 1. The number of anilines is 1. The second-order valence-electron chi connectivity index (χ2n) is 6.95. The number of halogens is 3. The highest BCUT2D eigenvalue weighted by Crippen LogP contribution is 2.35. The molecule has 0 bridgehead atoms. The van der Waals surface area contributed by atoms with Crippen molar-refractivity contribution in [3.05, 3.63) is 90.5 Å². The minimum atomic E-state index is -0.532. The number of hydrogen-bond donors (Lipinski definition) is 1. The van der Waals surface area contributed by atoms with Crippen LogP contribution in [0.5, 0.6) is 11.5 Å². The van der Waals surface area contributed by atoms with E-state index in [4.69, 9.17) is 32.7 Å². The molecule has 3 rings (SSSR count). The molecule has 8 heteroatoms. The average molecular weight is 593 g/mol. The Morgan fingerprint density at radius 1 is 1.15 bits per heavy atom. The fourth-order valence-electron chi connectivity index (χ4n) is 2.98. The zero-order chi connectivity index (χ0) is 24.0. The Kier molecular flexibility index (Phi) is 8.61. The number of benzene rings is 3. The first-order valence-corrected chi connectivity index (χ1v) is 11.6. The van der Waals surface area contributed by atoms with Gasteiger partial charge in [-0.05, 0) is 77.0 Å². The largest absolute Gasteiger partial charge is 0.493 e. The predicted octanol–water partition coefficient (Wildman–Crippen LogP) is 7.04. The zero-order valence-corrected chi connectivity index (χ0v) is 21.5. The molecular formula is C25H19Cl2IN2O3. The summed E-state index contributed by atoms with van der Waals surface area (Å²) in [6.07, 6.45) is 1.50. The summed E-state index contributed by atoms with van der Waals surface area (Å²) < 4.78 is 12.2. The van der Waals surface area contributed by atoms with Gasteiger partial charge in [0.2, 0.25) is 0 Å². The lowest BCUT2D eigenvalue weighted by Crippen LogP contribution is -2.14. The smallest absolute Gasteiger partial charge is 0.266 e. The van der Waals surface area contributed by atoms with Crippen LogP contribution in [0.1, 0.15) is 16.7 Å². The van der Waals surface area contributed by atoms with Crippen LogP contribution in [-0.2, 0) is 11.4 Å². The van der Waals surface area contributed by atoms with E-state index in [0.717, 1.165) is 14.7 Å². The summed E-state index contributed by atoms with van der Waals surface area (Å²) in [5.74, 6) is 0.493. The highest BCUT2D eigenvalue weighted by atomic mass is 127. The lowest BCUT2D eigenvalue weighted by molar-refractivity contribution is -0.112. The predicted molar refractivity (Wildman–Crippen MR) is 140 cm³/mol. The molecule has 0 fully saturated rings. The minimum absolute atomic E-state index is 0.0584. The van der Waals surface area contributed by atoms with E-state index in [2.05, 4.69) is 27.9 Å². The van der Waals surface area contributed by atoms with E-state index in [0.29, 0.717) is 32.8 Å². The van der Waals surface area contributed by atoms with Crippen molar-refractivity contribution >= 4 is 63.5 Å². The maximum atomic E-state index is 12.7. The Labute approximate surface area is 216 Å². The summed E-state index contributed by atoms with van der Waals surface area (Å²) >= 11 is 14.5. The number of nitrogens with one attached hydrogen (secondary N) is 1. The normalized spacial score (nSPS) is 11.0. The molecule has 0 saturated carbocycles. The molecule has 0 spiro atoms. The number of hydrogen-bond acceptors (Lipinski definition) is 4. The molecule has 0 atom stereocenters. The molecule has 0 aliphatic heterocycles. The van der Waals surface area contributed by atoms with Crippen molar-refractivity contribution in [2.45, 2.75) is 13.5 Å². The monoisotopic (exact) mass is 592 g/mol. The Hall–Kier alpha value is -2.73. The summed E-state index contributed by atoms with van der Waals surface area (Å²) in [7, 11) is 1.53. The standard InChI is InChI=1S/C25H19Cl2IN2O3/c1-15-19(26)8-5-9-22(15)30-25(31)18(13-29)10-16-11-21(28)24(23(12-16)32-2)33-14-17-6-3-4-7-20(17)27/h3-12H,14H2,1-2H3,(H,30,31)/b18-10-. The Morgan fingerprint density at radius 3 is 2.58 bits per heavy atom. The van der Waals surface area contributed by atoms with Crippen LogP contribution in [0, 0.1) is 21.8 Å². The maximum absolute atomic E-state index is 12.7. The van der Waals surface area contributed by atoms with E-state index in [1.165, 1.54) is 13.2 Å². The van der Waals surface area contributed by atoms with E-state index in [1.54, 1.807) is 43.3 Å². The van der Waals surface area contributed by atoms with Crippen LogP contribution in [0.2, 0.25) is 10.0 Å². The van der Waals surface area contributed by atoms with Gasteiger partial charge in [-0.1, -0.05) is 47.5 Å². The van der Waals surface area contributed by atoms with Crippen molar-refractivity contribution in [2.75, 3.05) is 12.4 Å². The van der Waals surface area contributed by atoms with Crippen LogP contribution in [-0.4, -0.2) is 13.0 Å². The molecule has 168 valence electrons. The number of rotatable bonds is 7. The van der Waals surface area contributed by atoms with Gasteiger partial charge < -0.3 is 14.8 Å². The third-order valence-electron chi connectivity index (χ3n) is 4.77. The SMILES string of the molecule is COc1cc(/C=C(/C#N)C(=O)Nc2cccc(Cl)c2C)cc(I)c1OCc1ccccc1Cl. The van der Waals surface area contributed by atoms with E-state index < -0.39 is 5.91 Å². The lowest BCUT2D eigenvalue weighted by atomic mass is 10.1. The molecule has 3 aromatic rings. The van der Waals surface area contributed by atoms with Crippen molar-refractivity contribution in [3.8, 4) is 17.6 Å². The molecule has 0 aliphatic carbocycles. The quantitative estimate of drug-likeness (QED) is 0.181. The number of ether oxygens (including phenoxy) is 2. The number of carbonyl (C=O) groups is 1. The van der Waals surface area contributed by atoms with Gasteiger partial charge in [-0.3, -0.25) is 4.79 Å². The van der Waals surface area contributed by atoms with Gasteiger partial charge in [0.15, 0.2) is 11.5 Å². The van der Waals surface area contributed by atoms with E-state index in [-0.39, 0.29) is 12.2 Å². The summed E-state index contributed by atoms with van der Waals surface area (Å²) in [6.45, 7) is 2.06. The van der Waals surface area contributed by atoms with Crippen molar-refractivity contribution in [2.24, 2.45) is 0 Å². The average Bonchev–Trinajstić information content (AvgIpc) is 2.80. The third kappa shape index (κ3) is 6.20. The van der Waals surface area contributed by atoms with Gasteiger partial charge in [-0.15, -0.1) is 0 Å². The van der Waals surface area contributed by atoms with Crippen LogP contribution in [0.25, 0.3) is 6.08 Å². The van der Waals surface area contributed by atoms with E-state index in [1.807, 2.05) is 24.3 Å². The Morgan fingerprint density at radius 2 is 1.88 bits per heavy atom. The molecule has 33 heavy (non-hydrogen) atoms. The first kappa shape index (κ1) is 24.9. The first-order chi connectivity index (χ1) is 15.8. The fourth-order valence-corrected chi connectivity index (χ4v) is 4.12. The first-order valence-electron chi connectivity index (χ1n) is 9.76. The summed E-state index contributed by atoms with van der Waals surface area (Å²) in [5.41, 5.74) is 2.68. The second-order valence-corrected chi connectivity index (χ2v) is 8.93. The molecule has 0 radical (unpaired) electrons. The minimum Gasteiger partial charge on any atom is -0.493 e. The van der Waals surface area contributed by atoms with E-state index in [9.17, 15) is 10.1 Å². The maximum Gasteiger partial charge on any atom is 0.266 e. The van der Waals surface area contributed by atoms with Gasteiger partial charge in [-0.25, -0.2) is 0 Å². The fraction of sp³-hybridized carbons (Fsp3) is 0.120. The van der Waals surface area contributed by atoms with Crippen LogP contribution >= 0.6 is 45.8 Å². The molecule has 1 amide bonds. The lowest BCUT2D eigenvalue weighted by Gasteiger charge is -2.14. The van der Waals surface area contributed by atoms with Gasteiger partial charge in [0.1, 0.15) is 18.2 Å². The molecule has 0 saturated heterocycles. The second kappa shape index (κ2) is 11.4. The highest BCUT2D eigenvalue weighted by molar-refractivity contribution is 14.1. The van der Waals surface area contributed by atoms with Crippen molar-refractivity contribution in [1.82, 2.24) is 0 Å². The van der Waals surface area contributed by atoms with Gasteiger partial charge in [0.25, 0.3) is 5.91 Å². The molecule has 0 heterocycles. The van der Waals surface area contributed by atoms with Crippen LogP contribution < -0.4 is 14.8 Å². The van der Waals surface area contributed by atoms with Crippen LogP contribution in [0.3, 0.4) is 0 Å². The summed E-state index contributed by atoms with van der Waals surface area (Å²) in [6, 6.07) is 18.1. The van der Waals surface area contributed by atoms with Crippen molar-refractivity contribution in [3.63, 3.8) is 0 Å². The zero-order valence-electron chi connectivity index (χ0n) is 17.8. The molecule has 0 aliphatic rings. The molecule has 0 aromatic heterocycles. The highest BCUT2D eigenvalue weighted by Gasteiger charge is 2.15. The topological polar surface area (TPSA) is 71.3 Å². The number of carbonyl (C=O) groups excluding carboxylic acids is 1. The third-order valence-corrected chi connectivity index (χ3v) is 6.35. The van der Waals surface area contributed by atoms with Crippen LogP contribution in [0.4, 0.5) is 5.69 Å². The Balaban J connectivity index is 1.85. The van der Waals surface area contributed by atoms with Gasteiger partial charge in [-0.2, -0.15) is 5.26 Å².